The molecule has 2 aromatic heterocycles. The summed E-state index contributed by atoms with van der Waals surface area (Å²) in [6.07, 6.45) is 0.752. The number of piperazine rings is 1. The van der Waals surface area contributed by atoms with Crippen molar-refractivity contribution in [1.82, 2.24) is 29.8 Å². The molecule has 0 saturated carbocycles. The molecule has 1 aliphatic heterocycles. The van der Waals surface area contributed by atoms with Crippen molar-refractivity contribution >= 4 is 22.6 Å². The van der Waals surface area contributed by atoms with Crippen molar-refractivity contribution in [3.05, 3.63) is 41.0 Å². The van der Waals surface area contributed by atoms with E-state index in [1.807, 2.05) is 29.8 Å². The van der Waals surface area contributed by atoms with Crippen LogP contribution in [0.25, 0.3) is 22.3 Å². The van der Waals surface area contributed by atoms with Gasteiger partial charge in [0.25, 0.3) is 0 Å². The first kappa shape index (κ1) is 18.3. The van der Waals surface area contributed by atoms with Crippen LogP contribution in [0.4, 0.5) is 0 Å². The molecule has 0 spiro atoms. The van der Waals surface area contributed by atoms with Crippen LogP contribution in [-0.4, -0.2) is 69.5 Å². The van der Waals surface area contributed by atoms with Crippen LogP contribution in [0.5, 0.6) is 0 Å². The molecular formula is C20H25ClN6. The third-order valence-corrected chi connectivity index (χ3v) is 5.68. The zero-order chi connectivity index (χ0) is 18.8. The smallest absolute Gasteiger partial charge is 0.182 e. The van der Waals surface area contributed by atoms with Crippen molar-refractivity contribution in [2.45, 2.75) is 19.9 Å². The van der Waals surface area contributed by atoms with Crippen LogP contribution in [0.2, 0.25) is 5.02 Å². The number of hydrogen-bond acceptors (Lipinski definition) is 5. The van der Waals surface area contributed by atoms with E-state index in [1.54, 1.807) is 0 Å². The summed E-state index contributed by atoms with van der Waals surface area (Å²) in [5.41, 5.74) is 3.53. The Balaban J connectivity index is 1.70. The molecule has 6 nitrogen and oxygen atoms in total. The fourth-order valence-corrected chi connectivity index (χ4v) is 3.89. The minimum atomic E-state index is 0.673. The molecule has 142 valence electrons. The van der Waals surface area contributed by atoms with Gasteiger partial charge in [-0.05, 0) is 13.5 Å². The highest BCUT2D eigenvalue weighted by molar-refractivity contribution is 6.36. The lowest BCUT2D eigenvalue weighted by Gasteiger charge is -2.32. The lowest BCUT2D eigenvalue weighted by molar-refractivity contribution is 0.149. The average molecular weight is 385 g/mol. The number of fused-ring (bicyclic) bond motifs is 1. The largest absolute Gasteiger partial charge is 0.304 e. The number of nitrogens with zero attached hydrogens (tertiary/aromatic N) is 6. The van der Waals surface area contributed by atoms with Crippen LogP contribution in [0.3, 0.4) is 0 Å². The van der Waals surface area contributed by atoms with Gasteiger partial charge in [-0.2, -0.15) is 10.2 Å². The SMILES string of the molecule is CCc1nnc2c(c(-c3ccccc3)nn2CCN2CCN(C)CC2)c1Cl. The van der Waals surface area contributed by atoms with Gasteiger partial charge in [0, 0.05) is 38.3 Å². The van der Waals surface area contributed by atoms with Crippen molar-refractivity contribution in [3.63, 3.8) is 0 Å². The molecule has 0 bridgehead atoms. The molecule has 3 aromatic rings. The molecule has 1 aromatic carbocycles. The fourth-order valence-electron chi connectivity index (χ4n) is 3.54. The topological polar surface area (TPSA) is 50.1 Å². The summed E-state index contributed by atoms with van der Waals surface area (Å²) in [5, 5.41) is 15.3. The molecule has 0 aliphatic carbocycles. The molecule has 4 rings (SSSR count). The second kappa shape index (κ2) is 7.92. The van der Waals surface area contributed by atoms with Gasteiger partial charge < -0.3 is 4.90 Å². The second-order valence-corrected chi connectivity index (χ2v) is 7.47. The lowest BCUT2D eigenvalue weighted by Crippen LogP contribution is -2.45. The van der Waals surface area contributed by atoms with Crippen molar-refractivity contribution in [3.8, 4) is 11.3 Å². The van der Waals surface area contributed by atoms with E-state index >= 15 is 0 Å². The van der Waals surface area contributed by atoms with E-state index in [9.17, 15) is 0 Å². The van der Waals surface area contributed by atoms with E-state index in [4.69, 9.17) is 16.7 Å². The van der Waals surface area contributed by atoms with Crippen LogP contribution in [0.15, 0.2) is 30.3 Å². The van der Waals surface area contributed by atoms with Crippen LogP contribution in [0, 0.1) is 0 Å². The van der Waals surface area contributed by atoms with Crippen LogP contribution >= 0.6 is 11.6 Å². The van der Waals surface area contributed by atoms with Gasteiger partial charge in [0.15, 0.2) is 5.65 Å². The average Bonchev–Trinajstić information content (AvgIpc) is 3.08. The molecule has 0 atom stereocenters. The Morgan fingerprint density at radius 2 is 1.74 bits per heavy atom. The summed E-state index contributed by atoms with van der Waals surface area (Å²) in [6.45, 7) is 8.18. The first-order valence-electron chi connectivity index (χ1n) is 9.55. The minimum absolute atomic E-state index is 0.673. The first-order valence-corrected chi connectivity index (χ1v) is 9.93. The number of halogens is 1. The molecule has 1 saturated heterocycles. The summed E-state index contributed by atoms with van der Waals surface area (Å²) in [6, 6.07) is 10.2. The van der Waals surface area contributed by atoms with Crippen LogP contribution < -0.4 is 0 Å². The molecule has 1 fully saturated rings. The van der Waals surface area contributed by atoms with Gasteiger partial charge in [0.05, 0.1) is 22.6 Å². The molecule has 0 unspecified atom stereocenters. The van der Waals surface area contributed by atoms with E-state index < -0.39 is 0 Å². The summed E-state index contributed by atoms with van der Waals surface area (Å²) in [5.74, 6) is 0. The fraction of sp³-hybridized carbons (Fsp3) is 0.450. The molecule has 1 aliphatic rings. The maximum absolute atomic E-state index is 6.70. The van der Waals surface area contributed by atoms with Crippen molar-refractivity contribution in [2.75, 3.05) is 39.8 Å². The number of aromatic nitrogens is 4. The van der Waals surface area contributed by atoms with E-state index in [0.717, 1.165) is 73.7 Å². The van der Waals surface area contributed by atoms with Gasteiger partial charge in [-0.15, -0.1) is 5.10 Å². The van der Waals surface area contributed by atoms with Crippen LogP contribution in [0.1, 0.15) is 12.6 Å². The van der Waals surface area contributed by atoms with Gasteiger partial charge >= 0.3 is 0 Å². The number of aryl methyl sites for hydroxylation is 1. The number of benzene rings is 1. The van der Waals surface area contributed by atoms with E-state index in [-0.39, 0.29) is 0 Å². The van der Waals surface area contributed by atoms with E-state index in [0.29, 0.717) is 5.02 Å². The first-order chi connectivity index (χ1) is 13.2. The predicted octanol–water partition coefficient (Wildman–Crippen LogP) is 2.96. The standard InChI is InChI=1S/C20H25ClN6/c1-3-16-18(21)17-19(15-7-5-4-6-8-15)24-27(20(17)23-22-16)14-13-26-11-9-25(2)10-12-26/h4-8H,3,9-14H2,1-2H3. The maximum atomic E-state index is 6.70. The van der Waals surface area contributed by atoms with Gasteiger partial charge in [0.2, 0.25) is 0 Å². The van der Waals surface area contributed by atoms with Crippen LogP contribution in [-0.2, 0) is 13.0 Å². The number of hydrogen-bond donors (Lipinski definition) is 0. The number of likely N-dealkylation sites (N-methyl/N-ethyl adjacent to an activating group) is 1. The normalized spacial score (nSPS) is 16.3. The molecule has 7 heteroatoms. The highest BCUT2D eigenvalue weighted by Gasteiger charge is 2.20. The second-order valence-electron chi connectivity index (χ2n) is 7.10. The van der Waals surface area contributed by atoms with Gasteiger partial charge in [-0.1, -0.05) is 48.9 Å². The maximum Gasteiger partial charge on any atom is 0.182 e. The summed E-state index contributed by atoms with van der Waals surface area (Å²) < 4.78 is 1.97. The highest BCUT2D eigenvalue weighted by Crippen LogP contribution is 2.33. The van der Waals surface area contributed by atoms with Gasteiger partial charge in [0.1, 0.15) is 5.69 Å². The Kier molecular flexibility index (Phi) is 5.38. The van der Waals surface area contributed by atoms with E-state index in [2.05, 4.69) is 39.2 Å². The summed E-state index contributed by atoms with van der Waals surface area (Å²) in [4.78, 5) is 4.84. The zero-order valence-corrected chi connectivity index (χ0v) is 16.7. The van der Waals surface area contributed by atoms with Crippen molar-refractivity contribution in [2.24, 2.45) is 0 Å². The molecule has 3 heterocycles. The zero-order valence-electron chi connectivity index (χ0n) is 15.9. The summed E-state index contributed by atoms with van der Waals surface area (Å²) >= 11 is 6.70. The Bertz CT molecular complexity index is 915. The highest BCUT2D eigenvalue weighted by atomic mass is 35.5. The predicted molar refractivity (Wildman–Crippen MR) is 109 cm³/mol. The monoisotopic (exact) mass is 384 g/mol. The van der Waals surface area contributed by atoms with Crippen molar-refractivity contribution < 1.29 is 0 Å². The third-order valence-electron chi connectivity index (χ3n) is 5.27. The lowest BCUT2D eigenvalue weighted by atomic mass is 10.1. The molecule has 27 heavy (non-hydrogen) atoms. The Morgan fingerprint density at radius 3 is 2.44 bits per heavy atom. The Hall–Kier alpha value is -2.02. The minimum Gasteiger partial charge on any atom is -0.304 e. The molecule has 0 N–H and O–H groups in total. The van der Waals surface area contributed by atoms with Gasteiger partial charge in [-0.25, -0.2) is 4.68 Å². The molecule has 0 amide bonds. The third kappa shape index (κ3) is 3.70. The Labute approximate surface area is 164 Å². The van der Waals surface area contributed by atoms with E-state index in [1.165, 1.54) is 0 Å². The Morgan fingerprint density at radius 1 is 1.00 bits per heavy atom. The molecule has 0 radical (unpaired) electrons. The quantitative estimate of drug-likeness (QED) is 0.677. The number of rotatable bonds is 5. The molecular weight excluding hydrogens is 360 g/mol. The van der Waals surface area contributed by atoms with Crippen molar-refractivity contribution in [1.29, 1.82) is 0 Å². The summed E-state index contributed by atoms with van der Waals surface area (Å²) in [7, 11) is 2.17. The van der Waals surface area contributed by atoms with Gasteiger partial charge in [-0.3, -0.25) is 4.90 Å².